The predicted octanol–water partition coefficient (Wildman–Crippen LogP) is 2.50. The minimum atomic E-state index is -0.402. The second-order valence-electron chi connectivity index (χ2n) is 7.29. The zero-order chi connectivity index (χ0) is 22.5. The number of hydrogen-bond donors (Lipinski definition) is 1. The minimum Gasteiger partial charge on any atom is -0.462 e. The van der Waals surface area contributed by atoms with Gasteiger partial charge in [0.1, 0.15) is 11.4 Å². The average molecular weight is 435 g/mol. The number of nitrogens with one attached hydrogen (secondary N) is 1. The molecule has 0 saturated carbocycles. The van der Waals surface area contributed by atoms with Crippen molar-refractivity contribution < 1.29 is 14.3 Å². The van der Waals surface area contributed by atoms with Crippen LogP contribution in [-0.4, -0.2) is 69.4 Å². The normalized spacial score (nSPS) is 13.7. The fraction of sp³-hybridized carbons (Fsp3) is 0.318. The smallest absolute Gasteiger partial charge is 0.341 e. The Labute approximate surface area is 185 Å². The third-order valence-corrected chi connectivity index (χ3v) is 5.29. The van der Waals surface area contributed by atoms with Gasteiger partial charge in [-0.25, -0.2) is 19.3 Å². The zero-order valence-electron chi connectivity index (χ0n) is 18.1. The van der Waals surface area contributed by atoms with E-state index in [9.17, 15) is 9.59 Å². The maximum Gasteiger partial charge on any atom is 0.341 e. The van der Waals surface area contributed by atoms with E-state index in [1.54, 1.807) is 42.0 Å². The quantitative estimate of drug-likeness (QED) is 0.614. The fourth-order valence-electron chi connectivity index (χ4n) is 3.59. The van der Waals surface area contributed by atoms with Gasteiger partial charge < -0.3 is 19.9 Å². The predicted molar refractivity (Wildman–Crippen MR) is 119 cm³/mol. The van der Waals surface area contributed by atoms with Crippen molar-refractivity contribution in [3.8, 4) is 5.69 Å². The molecule has 2 aromatic heterocycles. The van der Waals surface area contributed by atoms with Crippen LogP contribution in [0.1, 0.15) is 23.0 Å². The molecule has 10 nitrogen and oxygen atoms in total. The third kappa shape index (κ3) is 4.53. The van der Waals surface area contributed by atoms with E-state index in [2.05, 4.69) is 25.3 Å². The molecule has 1 fully saturated rings. The first-order valence-electron chi connectivity index (χ1n) is 10.5. The number of benzene rings is 1. The molecule has 3 aromatic rings. The molecule has 1 N–H and O–H groups in total. The van der Waals surface area contributed by atoms with Crippen LogP contribution in [-0.2, 0) is 4.74 Å². The van der Waals surface area contributed by atoms with Gasteiger partial charge in [0.05, 0.1) is 30.4 Å². The number of ether oxygens (including phenoxy) is 1. The van der Waals surface area contributed by atoms with Crippen LogP contribution in [0.2, 0.25) is 0 Å². The van der Waals surface area contributed by atoms with Crippen molar-refractivity contribution in [2.75, 3.05) is 43.0 Å². The van der Waals surface area contributed by atoms with Crippen molar-refractivity contribution in [1.82, 2.24) is 24.6 Å². The van der Waals surface area contributed by atoms with Crippen molar-refractivity contribution in [3.63, 3.8) is 0 Å². The van der Waals surface area contributed by atoms with Gasteiger partial charge in [-0.3, -0.25) is 4.98 Å². The minimum absolute atomic E-state index is 0.162. The molecular weight excluding hydrogens is 410 g/mol. The van der Waals surface area contributed by atoms with Crippen LogP contribution in [0.5, 0.6) is 0 Å². The molecular formula is C22H25N7O3. The molecule has 1 aromatic carbocycles. The van der Waals surface area contributed by atoms with Crippen LogP contribution in [0.3, 0.4) is 0 Å². The molecule has 1 aliphatic heterocycles. The molecule has 32 heavy (non-hydrogen) atoms. The molecule has 1 saturated heterocycles. The van der Waals surface area contributed by atoms with Gasteiger partial charge in [-0.2, -0.15) is 5.10 Å². The Kier molecular flexibility index (Phi) is 6.29. The number of hydrogen-bond acceptors (Lipinski definition) is 7. The summed E-state index contributed by atoms with van der Waals surface area (Å²) in [6.45, 7) is 6.43. The second-order valence-corrected chi connectivity index (χ2v) is 7.29. The molecule has 0 bridgehead atoms. The molecule has 0 atom stereocenters. The highest BCUT2D eigenvalue weighted by Crippen LogP contribution is 2.19. The summed E-state index contributed by atoms with van der Waals surface area (Å²) in [7, 11) is 0. The Morgan fingerprint density at radius 1 is 1.12 bits per heavy atom. The number of esters is 1. The first kappa shape index (κ1) is 21.3. The molecule has 4 rings (SSSR count). The van der Waals surface area contributed by atoms with Gasteiger partial charge in [-0.1, -0.05) is 6.07 Å². The molecule has 3 heterocycles. The molecule has 1 aliphatic rings. The van der Waals surface area contributed by atoms with E-state index in [1.165, 1.54) is 6.20 Å². The maximum atomic E-state index is 12.8. The van der Waals surface area contributed by atoms with E-state index in [-0.39, 0.29) is 6.03 Å². The van der Waals surface area contributed by atoms with Crippen LogP contribution < -0.4 is 10.2 Å². The van der Waals surface area contributed by atoms with Gasteiger partial charge in [0.2, 0.25) is 0 Å². The van der Waals surface area contributed by atoms with E-state index in [0.717, 1.165) is 11.5 Å². The number of anilines is 2. The highest BCUT2D eigenvalue weighted by Gasteiger charge is 2.22. The zero-order valence-corrected chi connectivity index (χ0v) is 18.1. The summed E-state index contributed by atoms with van der Waals surface area (Å²) in [4.78, 5) is 37.1. The summed E-state index contributed by atoms with van der Waals surface area (Å²) in [5, 5.41) is 7.27. The lowest BCUT2D eigenvalue weighted by molar-refractivity contribution is 0.0525. The van der Waals surface area contributed by atoms with Crippen LogP contribution in [0, 0.1) is 6.92 Å². The highest BCUT2D eigenvalue weighted by atomic mass is 16.5. The molecule has 0 unspecified atom stereocenters. The highest BCUT2D eigenvalue weighted by molar-refractivity contribution is 5.91. The Morgan fingerprint density at radius 2 is 1.94 bits per heavy atom. The van der Waals surface area contributed by atoms with E-state index in [4.69, 9.17) is 4.74 Å². The van der Waals surface area contributed by atoms with E-state index < -0.39 is 5.97 Å². The van der Waals surface area contributed by atoms with Crippen molar-refractivity contribution in [1.29, 1.82) is 0 Å². The van der Waals surface area contributed by atoms with Crippen LogP contribution >= 0.6 is 0 Å². The lowest BCUT2D eigenvalue weighted by Crippen LogP contribution is -2.50. The first-order chi connectivity index (χ1) is 15.6. The van der Waals surface area contributed by atoms with Gasteiger partial charge in [0.25, 0.3) is 0 Å². The van der Waals surface area contributed by atoms with Gasteiger partial charge in [-0.15, -0.1) is 0 Å². The van der Waals surface area contributed by atoms with E-state index in [0.29, 0.717) is 49.7 Å². The number of nitrogens with zero attached hydrogens (tertiary/aromatic N) is 6. The molecule has 10 heteroatoms. The lowest BCUT2D eigenvalue weighted by Gasteiger charge is -2.35. The number of amides is 2. The fourth-order valence-corrected chi connectivity index (χ4v) is 3.59. The maximum absolute atomic E-state index is 12.8. The SMILES string of the molecule is CCOC(=O)c1cnn(-c2cccc(NC(=O)N3CCN(c4cnccn4)CC3)c2)c1C. The standard InChI is InChI=1S/C22H25N7O3/c1-3-32-21(30)19-14-25-29(16(19)2)18-6-4-5-17(13-18)26-22(31)28-11-9-27(10-12-28)20-15-23-7-8-24-20/h4-8,13-15H,3,9-12H2,1-2H3,(H,26,31). The molecule has 2 amide bonds. The van der Waals surface area contributed by atoms with Crippen molar-refractivity contribution >= 4 is 23.5 Å². The number of rotatable bonds is 5. The first-order valence-corrected chi connectivity index (χ1v) is 10.5. The number of carbonyl (C=O) groups is 2. The largest absolute Gasteiger partial charge is 0.462 e. The molecule has 166 valence electrons. The van der Waals surface area contributed by atoms with E-state index in [1.807, 2.05) is 24.3 Å². The number of piperazine rings is 1. The van der Waals surface area contributed by atoms with Crippen molar-refractivity contribution in [2.45, 2.75) is 13.8 Å². The van der Waals surface area contributed by atoms with Crippen molar-refractivity contribution in [3.05, 3.63) is 60.3 Å². The summed E-state index contributed by atoms with van der Waals surface area (Å²) in [5.41, 5.74) is 2.48. The topological polar surface area (TPSA) is 105 Å². The molecule has 0 radical (unpaired) electrons. The van der Waals surface area contributed by atoms with Crippen LogP contribution in [0.4, 0.5) is 16.3 Å². The van der Waals surface area contributed by atoms with Gasteiger partial charge in [0.15, 0.2) is 0 Å². The number of urea groups is 1. The molecule has 0 spiro atoms. The lowest BCUT2D eigenvalue weighted by atomic mass is 10.2. The summed E-state index contributed by atoms with van der Waals surface area (Å²) in [6.07, 6.45) is 6.53. The summed E-state index contributed by atoms with van der Waals surface area (Å²) in [5.74, 6) is 0.415. The van der Waals surface area contributed by atoms with Crippen LogP contribution in [0.15, 0.2) is 49.1 Å². The monoisotopic (exact) mass is 435 g/mol. The van der Waals surface area contributed by atoms with E-state index >= 15 is 0 Å². The summed E-state index contributed by atoms with van der Waals surface area (Å²) >= 11 is 0. The van der Waals surface area contributed by atoms with Crippen molar-refractivity contribution in [2.24, 2.45) is 0 Å². The number of carbonyl (C=O) groups excluding carboxylic acids is 2. The second kappa shape index (κ2) is 9.46. The third-order valence-electron chi connectivity index (χ3n) is 5.29. The summed E-state index contributed by atoms with van der Waals surface area (Å²) < 4.78 is 6.73. The van der Waals surface area contributed by atoms with Gasteiger partial charge in [0, 0.05) is 44.3 Å². The van der Waals surface area contributed by atoms with Gasteiger partial charge >= 0.3 is 12.0 Å². The Balaban J connectivity index is 1.40. The summed E-state index contributed by atoms with van der Waals surface area (Å²) in [6, 6.07) is 7.18. The Morgan fingerprint density at radius 3 is 2.66 bits per heavy atom. The Bertz CT molecular complexity index is 1090. The van der Waals surface area contributed by atoms with Crippen LogP contribution in [0.25, 0.3) is 5.69 Å². The average Bonchev–Trinajstić information content (AvgIpc) is 3.21. The number of aromatic nitrogens is 4. The molecule has 0 aliphatic carbocycles. The Hall–Kier alpha value is -3.95. The van der Waals surface area contributed by atoms with Gasteiger partial charge in [-0.05, 0) is 32.0 Å².